The Morgan fingerprint density at radius 2 is 2.29 bits per heavy atom. The molecule has 0 radical (unpaired) electrons. The fraction of sp³-hybridized carbons (Fsp3) is 0.650. The first kappa shape index (κ1) is 18.0. The zero-order chi connectivity index (χ0) is 19.1. The van der Waals surface area contributed by atoms with E-state index >= 15 is 0 Å². The molecule has 0 aromatic carbocycles. The fourth-order valence-corrected chi connectivity index (χ4v) is 5.02. The van der Waals surface area contributed by atoms with E-state index in [-0.39, 0.29) is 5.54 Å². The number of aromatic nitrogens is 3. The molecule has 28 heavy (non-hydrogen) atoms. The number of alkyl halides is 1. The number of ether oxygens (including phenoxy) is 1. The minimum Gasteiger partial charge on any atom is -0.461 e. The van der Waals surface area contributed by atoms with Crippen molar-refractivity contribution < 1.29 is 9.13 Å². The van der Waals surface area contributed by atoms with Crippen LogP contribution in [0.5, 0.6) is 6.01 Å². The topological polar surface area (TPSA) is 66.4 Å². The number of nitrogens with one attached hydrogen (secondary N) is 1. The zero-order valence-electron chi connectivity index (χ0n) is 16.3. The molecule has 0 bridgehead atoms. The first-order chi connectivity index (χ1) is 13.6. The van der Waals surface area contributed by atoms with Gasteiger partial charge < -0.3 is 15.0 Å². The third-order valence-electron chi connectivity index (χ3n) is 6.46. The first-order valence-corrected chi connectivity index (χ1v) is 10.3. The summed E-state index contributed by atoms with van der Waals surface area (Å²) < 4.78 is 20.2. The smallest absolute Gasteiger partial charge is 0.319 e. The molecule has 0 unspecified atom stereocenters. The maximum Gasteiger partial charge on any atom is 0.319 e. The molecular weight excluding hydrogens is 359 g/mol. The van der Waals surface area contributed by atoms with Gasteiger partial charge in [-0.25, -0.2) is 4.39 Å². The fourth-order valence-electron chi connectivity index (χ4n) is 5.02. The minimum atomic E-state index is -0.759. The van der Waals surface area contributed by atoms with Crippen LogP contribution < -0.4 is 15.0 Å². The van der Waals surface area contributed by atoms with E-state index in [1.54, 1.807) is 6.20 Å². The molecule has 2 aromatic rings. The van der Waals surface area contributed by atoms with Gasteiger partial charge in [0.2, 0.25) is 0 Å². The predicted molar refractivity (Wildman–Crippen MR) is 106 cm³/mol. The molecule has 8 heteroatoms. The maximum atomic E-state index is 14.0. The zero-order valence-corrected chi connectivity index (χ0v) is 16.3. The molecule has 2 aromatic heterocycles. The number of fused-ring (bicyclic) bond motifs is 2. The number of piperazine rings is 1. The minimum absolute atomic E-state index is 0.196. The highest BCUT2D eigenvalue weighted by Crippen LogP contribution is 2.40. The number of pyridine rings is 1. The van der Waals surface area contributed by atoms with E-state index in [4.69, 9.17) is 9.72 Å². The van der Waals surface area contributed by atoms with E-state index in [2.05, 4.69) is 32.0 Å². The van der Waals surface area contributed by atoms with Crippen LogP contribution in [0.15, 0.2) is 18.5 Å². The summed E-state index contributed by atoms with van der Waals surface area (Å²) in [6, 6.07) is 2.60. The van der Waals surface area contributed by atoms with Crippen LogP contribution in [0.1, 0.15) is 26.2 Å². The van der Waals surface area contributed by atoms with Crippen LogP contribution in [0.2, 0.25) is 0 Å². The predicted octanol–water partition coefficient (Wildman–Crippen LogP) is 1.78. The second-order valence-electron chi connectivity index (χ2n) is 8.33. The Labute approximate surface area is 164 Å². The van der Waals surface area contributed by atoms with Crippen molar-refractivity contribution >= 4 is 16.7 Å². The van der Waals surface area contributed by atoms with Gasteiger partial charge >= 0.3 is 6.01 Å². The highest BCUT2D eigenvalue weighted by molar-refractivity contribution is 5.89. The molecule has 3 saturated heterocycles. The van der Waals surface area contributed by atoms with Crippen molar-refractivity contribution in [2.45, 2.75) is 43.9 Å². The van der Waals surface area contributed by atoms with E-state index in [0.717, 1.165) is 55.7 Å². The van der Waals surface area contributed by atoms with Gasteiger partial charge in [-0.05, 0) is 32.4 Å². The van der Waals surface area contributed by atoms with E-state index in [0.29, 0.717) is 31.6 Å². The summed E-state index contributed by atoms with van der Waals surface area (Å²) in [6.07, 6.45) is 5.44. The van der Waals surface area contributed by atoms with Gasteiger partial charge in [0.25, 0.3) is 0 Å². The third kappa shape index (κ3) is 3.08. The van der Waals surface area contributed by atoms with Gasteiger partial charge in [0.15, 0.2) is 0 Å². The molecule has 3 fully saturated rings. The lowest BCUT2D eigenvalue weighted by atomic mass is 9.95. The lowest BCUT2D eigenvalue weighted by Gasteiger charge is -2.35. The lowest BCUT2D eigenvalue weighted by Crippen LogP contribution is -2.50. The van der Waals surface area contributed by atoms with Crippen molar-refractivity contribution in [1.29, 1.82) is 0 Å². The summed E-state index contributed by atoms with van der Waals surface area (Å²) in [5, 5.41) is 4.35. The molecule has 1 N–H and O–H groups in total. The Morgan fingerprint density at radius 3 is 3.18 bits per heavy atom. The van der Waals surface area contributed by atoms with Crippen molar-refractivity contribution in [3.8, 4) is 6.01 Å². The summed E-state index contributed by atoms with van der Waals surface area (Å²) in [5.74, 6) is 0.873. The molecule has 0 spiro atoms. The van der Waals surface area contributed by atoms with E-state index in [1.165, 1.54) is 0 Å². The SMILES string of the molecule is C[C@H]1CNCCN1c1nc(OC[C@@]23CCCN2C[C@H](F)C3)nc2ccncc12. The number of nitrogens with zero attached hydrogens (tertiary/aromatic N) is 5. The monoisotopic (exact) mass is 386 g/mol. The average molecular weight is 386 g/mol. The van der Waals surface area contributed by atoms with Crippen molar-refractivity contribution in [1.82, 2.24) is 25.2 Å². The number of hydrogen-bond donors (Lipinski definition) is 1. The summed E-state index contributed by atoms with van der Waals surface area (Å²) in [7, 11) is 0. The number of anilines is 1. The molecule has 0 amide bonds. The Hall–Kier alpha value is -2.06. The maximum absolute atomic E-state index is 14.0. The van der Waals surface area contributed by atoms with E-state index in [1.807, 2.05) is 12.3 Å². The standard InChI is InChI=1S/C20H27FN6O/c1-14-10-23-6-8-27(14)18-16-11-22-5-3-17(16)24-19(25-18)28-13-20-4-2-7-26(20)12-15(21)9-20/h3,5,11,14-15,23H,2,4,6-10,12-13H2,1H3/t14-,15+,20-/m0/s1. The second kappa shape index (κ2) is 7.08. The number of hydrogen-bond acceptors (Lipinski definition) is 7. The van der Waals surface area contributed by atoms with Crippen molar-refractivity contribution in [3.63, 3.8) is 0 Å². The van der Waals surface area contributed by atoms with Crippen LogP contribution in [0, 0.1) is 0 Å². The summed E-state index contributed by atoms with van der Waals surface area (Å²) >= 11 is 0. The Bertz CT molecular complexity index is 866. The second-order valence-corrected chi connectivity index (χ2v) is 8.33. The van der Waals surface area contributed by atoms with Gasteiger partial charge in [-0.3, -0.25) is 9.88 Å². The van der Waals surface area contributed by atoms with Gasteiger partial charge in [0.05, 0.1) is 16.4 Å². The van der Waals surface area contributed by atoms with Gasteiger partial charge in [0, 0.05) is 51.0 Å². The van der Waals surface area contributed by atoms with Crippen LogP contribution in [-0.4, -0.2) is 76.9 Å². The van der Waals surface area contributed by atoms with E-state index < -0.39 is 6.17 Å². The van der Waals surface area contributed by atoms with Crippen molar-refractivity contribution in [2.24, 2.45) is 0 Å². The molecule has 5 rings (SSSR count). The molecule has 3 aliphatic heterocycles. The van der Waals surface area contributed by atoms with Gasteiger partial charge in [0.1, 0.15) is 18.6 Å². The molecule has 7 nitrogen and oxygen atoms in total. The average Bonchev–Trinajstić information content (AvgIpc) is 3.22. The molecule has 5 heterocycles. The summed E-state index contributed by atoms with van der Waals surface area (Å²) in [4.78, 5) is 18.2. The van der Waals surface area contributed by atoms with Crippen LogP contribution in [0.25, 0.3) is 10.9 Å². The van der Waals surface area contributed by atoms with Gasteiger partial charge in [-0.1, -0.05) is 0 Å². The van der Waals surface area contributed by atoms with Crippen LogP contribution in [-0.2, 0) is 0 Å². The van der Waals surface area contributed by atoms with Gasteiger partial charge in [-0.2, -0.15) is 9.97 Å². The van der Waals surface area contributed by atoms with Gasteiger partial charge in [-0.15, -0.1) is 0 Å². The van der Waals surface area contributed by atoms with Crippen molar-refractivity contribution in [2.75, 3.05) is 44.2 Å². The molecule has 3 aliphatic rings. The quantitative estimate of drug-likeness (QED) is 0.859. The van der Waals surface area contributed by atoms with Crippen LogP contribution >= 0.6 is 0 Å². The largest absolute Gasteiger partial charge is 0.461 e. The molecule has 3 atom stereocenters. The summed E-state index contributed by atoms with van der Waals surface area (Å²) in [5.41, 5.74) is 0.634. The van der Waals surface area contributed by atoms with Crippen molar-refractivity contribution in [3.05, 3.63) is 18.5 Å². The van der Waals surface area contributed by atoms with Crippen LogP contribution in [0.3, 0.4) is 0 Å². The molecule has 0 aliphatic carbocycles. The Morgan fingerprint density at radius 1 is 1.36 bits per heavy atom. The first-order valence-electron chi connectivity index (χ1n) is 10.3. The van der Waals surface area contributed by atoms with Crippen LogP contribution in [0.4, 0.5) is 10.2 Å². The highest BCUT2D eigenvalue weighted by Gasteiger charge is 2.49. The Kier molecular flexibility index (Phi) is 4.55. The molecule has 0 saturated carbocycles. The molecular formula is C20H27FN6O. The highest BCUT2D eigenvalue weighted by atomic mass is 19.1. The van der Waals surface area contributed by atoms with E-state index in [9.17, 15) is 4.39 Å². The normalized spacial score (nSPS) is 30.7. The number of halogens is 1. The Balaban J connectivity index is 1.45. The number of rotatable bonds is 4. The third-order valence-corrected chi connectivity index (χ3v) is 6.46. The molecule has 150 valence electrons. The lowest BCUT2D eigenvalue weighted by molar-refractivity contribution is 0.107. The summed E-state index contributed by atoms with van der Waals surface area (Å²) in [6.45, 7) is 6.82.